The lowest BCUT2D eigenvalue weighted by Gasteiger charge is -2.16. The Hall–Kier alpha value is -1.45. The third kappa shape index (κ3) is 6.11. The van der Waals surface area contributed by atoms with E-state index in [2.05, 4.69) is 0 Å². The second-order valence-corrected chi connectivity index (χ2v) is 2.60. The molecule has 0 aromatic rings. The molecule has 0 aromatic carbocycles. The highest BCUT2D eigenvalue weighted by molar-refractivity contribution is 5.73. The smallest absolute Gasteiger partial charge is 0.329 e. The molecule has 0 aliphatic rings. The molecule has 0 saturated carbocycles. The average molecular weight is 209 g/mol. The Kier molecular flexibility index (Phi) is 4.77. The molecule has 0 fully saturated rings. The van der Waals surface area contributed by atoms with Gasteiger partial charge in [-0.2, -0.15) is 18.4 Å². The molecule has 7 heteroatoms. The topological polar surface area (TPSA) is 56.1 Å². The van der Waals surface area contributed by atoms with Gasteiger partial charge >= 0.3 is 12.2 Å². The Morgan fingerprint density at radius 2 is 2.14 bits per heavy atom. The van der Waals surface area contributed by atoms with E-state index in [1.165, 1.54) is 7.05 Å². The maximum Gasteiger partial charge on any atom is 0.405 e. The number of amides is 2. The molecule has 0 aliphatic heterocycles. The molecule has 0 unspecified atom stereocenters. The van der Waals surface area contributed by atoms with Gasteiger partial charge in [-0.15, -0.1) is 0 Å². The summed E-state index contributed by atoms with van der Waals surface area (Å²) in [5, 5.41) is 9.85. The van der Waals surface area contributed by atoms with E-state index in [9.17, 15) is 18.0 Å². The van der Waals surface area contributed by atoms with Crippen molar-refractivity contribution in [2.24, 2.45) is 0 Å². The first-order valence-corrected chi connectivity index (χ1v) is 3.79. The highest BCUT2D eigenvalue weighted by atomic mass is 19.4. The van der Waals surface area contributed by atoms with Gasteiger partial charge in [0.15, 0.2) is 0 Å². The maximum atomic E-state index is 11.6. The van der Waals surface area contributed by atoms with Crippen molar-refractivity contribution in [1.29, 1.82) is 5.26 Å². The average Bonchev–Trinajstić information content (AvgIpc) is 2.09. The van der Waals surface area contributed by atoms with Crippen LogP contribution >= 0.6 is 0 Å². The van der Waals surface area contributed by atoms with Gasteiger partial charge in [-0.3, -0.25) is 0 Å². The predicted molar refractivity (Wildman–Crippen MR) is 42.3 cm³/mol. The number of hydrogen-bond donors (Lipinski definition) is 1. The zero-order valence-corrected chi connectivity index (χ0v) is 7.56. The van der Waals surface area contributed by atoms with E-state index < -0.39 is 18.8 Å². The molecule has 0 rings (SSSR count). The highest BCUT2D eigenvalue weighted by Gasteiger charge is 2.28. The number of urea groups is 1. The minimum Gasteiger partial charge on any atom is -0.329 e. The van der Waals surface area contributed by atoms with Crippen LogP contribution in [0.5, 0.6) is 0 Å². The second-order valence-electron chi connectivity index (χ2n) is 2.60. The van der Waals surface area contributed by atoms with Crippen molar-refractivity contribution >= 4 is 6.03 Å². The lowest BCUT2D eigenvalue weighted by atomic mass is 10.4. The van der Waals surface area contributed by atoms with E-state index >= 15 is 0 Å². The summed E-state index contributed by atoms with van der Waals surface area (Å²) in [5.74, 6) is 0. The van der Waals surface area contributed by atoms with Crippen LogP contribution in [0, 0.1) is 11.3 Å². The van der Waals surface area contributed by atoms with E-state index in [-0.39, 0.29) is 13.0 Å². The van der Waals surface area contributed by atoms with E-state index in [1.807, 2.05) is 0 Å². The molecular formula is C7H10F3N3O. The van der Waals surface area contributed by atoms with E-state index in [0.717, 1.165) is 4.90 Å². The second kappa shape index (κ2) is 5.32. The molecule has 1 N–H and O–H groups in total. The Morgan fingerprint density at radius 3 is 2.57 bits per heavy atom. The molecule has 0 aliphatic carbocycles. The number of hydrogen-bond acceptors (Lipinski definition) is 2. The summed E-state index contributed by atoms with van der Waals surface area (Å²) in [6.07, 6.45) is -4.32. The van der Waals surface area contributed by atoms with Gasteiger partial charge in [0.05, 0.1) is 12.5 Å². The van der Waals surface area contributed by atoms with Crippen LogP contribution in [-0.2, 0) is 0 Å². The number of nitriles is 1. The van der Waals surface area contributed by atoms with Gasteiger partial charge in [0.1, 0.15) is 6.54 Å². The first kappa shape index (κ1) is 12.6. The summed E-state index contributed by atoms with van der Waals surface area (Å²) in [6.45, 7) is -1.25. The minimum absolute atomic E-state index is 0.0932. The summed E-state index contributed by atoms with van der Waals surface area (Å²) in [5.41, 5.74) is 0. The molecule has 0 spiro atoms. The van der Waals surface area contributed by atoms with Gasteiger partial charge in [-0.05, 0) is 0 Å². The molecule has 0 saturated heterocycles. The normalized spacial score (nSPS) is 10.5. The molecule has 14 heavy (non-hydrogen) atoms. The summed E-state index contributed by atoms with van der Waals surface area (Å²) >= 11 is 0. The third-order valence-electron chi connectivity index (χ3n) is 1.35. The van der Waals surface area contributed by atoms with Gasteiger partial charge in [0.25, 0.3) is 0 Å². The fourth-order valence-electron chi connectivity index (χ4n) is 0.630. The largest absolute Gasteiger partial charge is 0.405 e. The van der Waals surface area contributed by atoms with Crippen molar-refractivity contribution in [3.05, 3.63) is 0 Å². The van der Waals surface area contributed by atoms with Crippen LogP contribution in [0.3, 0.4) is 0 Å². The molecule has 0 bridgehead atoms. The number of nitrogens with zero attached hydrogens (tertiary/aromatic N) is 2. The van der Waals surface area contributed by atoms with Crippen molar-refractivity contribution in [3.63, 3.8) is 0 Å². The van der Waals surface area contributed by atoms with E-state index in [4.69, 9.17) is 5.26 Å². The Morgan fingerprint density at radius 1 is 1.57 bits per heavy atom. The third-order valence-corrected chi connectivity index (χ3v) is 1.35. The van der Waals surface area contributed by atoms with Crippen LogP contribution in [-0.4, -0.2) is 37.2 Å². The quantitative estimate of drug-likeness (QED) is 0.756. The zero-order chi connectivity index (χ0) is 11.2. The van der Waals surface area contributed by atoms with Crippen LogP contribution in [0.15, 0.2) is 0 Å². The molecule has 4 nitrogen and oxygen atoms in total. The van der Waals surface area contributed by atoms with Gasteiger partial charge in [-0.25, -0.2) is 4.79 Å². The van der Waals surface area contributed by atoms with Crippen molar-refractivity contribution in [2.45, 2.75) is 12.6 Å². The predicted octanol–water partition coefficient (Wildman–Crippen LogP) is 1.10. The Balaban J connectivity index is 3.80. The number of rotatable bonds is 3. The lowest BCUT2D eigenvalue weighted by molar-refractivity contribution is -0.123. The lowest BCUT2D eigenvalue weighted by Crippen LogP contribution is -2.42. The molecule has 0 aromatic heterocycles. The van der Waals surface area contributed by atoms with Crippen LogP contribution in [0.2, 0.25) is 0 Å². The van der Waals surface area contributed by atoms with Crippen LogP contribution < -0.4 is 5.32 Å². The fourth-order valence-corrected chi connectivity index (χ4v) is 0.630. The fraction of sp³-hybridized carbons (Fsp3) is 0.714. The number of carbonyl (C=O) groups excluding carboxylic acids is 1. The zero-order valence-electron chi connectivity index (χ0n) is 7.56. The summed E-state index contributed by atoms with van der Waals surface area (Å²) in [7, 11) is 1.32. The standard InChI is InChI=1S/C7H10F3N3O/c1-13(4-2-3-11)6(14)12-5-7(8,9)10/h2,4-5H2,1H3,(H,12,14). The van der Waals surface area contributed by atoms with Gasteiger partial charge in [-0.1, -0.05) is 0 Å². The van der Waals surface area contributed by atoms with Crippen LogP contribution in [0.4, 0.5) is 18.0 Å². The maximum absolute atomic E-state index is 11.6. The molecule has 0 atom stereocenters. The van der Waals surface area contributed by atoms with Crippen molar-refractivity contribution in [1.82, 2.24) is 10.2 Å². The van der Waals surface area contributed by atoms with Gasteiger partial charge in [0, 0.05) is 13.6 Å². The number of halogens is 3. The molecular weight excluding hydrogens is 199 g/mol. The van der Waals surface area contributed by atoms with Crippen molar-refractivity contribution < 1.29 is 18.0 Å². The van der Waals surface area contributed by atoms with Crippen LogP contribution in [0.25, 0.3) is 0 Å². The molecule has 0 heterocycles. The van der Waals surface area contributed by atoms with E-state index in [0.29, 0.717) is 0 Å². The monoisotopic (exact) mass is 209 g/mol. The first-order chi connectivity index (χ1) is 6.37. The summed E-state index contributed by atoms with van der Waals surface area (Å²) in [6, 6.07) is 0.946. The number of carbonyl (C=O) groups is 1. The van der Waals surface area contributed by atoms with E-state index in [1.54, 1.807) is 11.4 Å². The summed E-state index contributed by atoms with van der Waals surface area (Å²) < 4.78 is 34.9. The van der Waals surface area contributed by atoms with Crippen LogP contribution in [0.1, 0.15) is 6.42 Å². The SMILES string of the molecule is CN(CCC#N)C(=O)NCC(F)(F)F. The highest BCUT2D eigenvalue weighted by Crippen LogP contribution is 2.12. The van der Waals surface area contributed by atoms with Gasteiger partial charge in [0.2, 0.25) is 0 Å². The van der Waals surface area contributed by atoms with Crippen molar-refractivity contribution in [2.75, 3.05) is 20.1 Å². The Bertz CT molecular complexity index is 233. The van der Waals surface area contributed by atoms with Crippen molar-refractivity contribution in [3.8, 4) is 6.07 Å². The summed E-state index contributed by atoms with van der Waals surface area (Å²) in [4.78, 5) is 11.9. The molecule has 80 valence electrons. The van der Waals surface area contributed by atoms with Gasteiger partial charge < -0.3 is 10.2 Å². The number of nitrogens with one attached hydrogen (secondary N) is 1. The molecule has 0 radical (unpaired) electrons. The first-order valence-electron chi connectivity index (χ1n) is 3.79. The number of alkyl halides is 3. The Labute approximate surface area is 79.3 Å². The minimum atomic E-state index is -4.41. The molecule has 2 amide bonds.